The van der Waals surface area contributed by atoms with Gasteiger partial charge in [0.1, 0.15) is 17.3 Å². The van der Waals surface area contributed by atoms with Crippen LogP contribution in [0.5, 0.6) is 11.5 Å². The third kappa shape index (κ3) is 6.41. The minimum absolute atomic E-state index is 0.166. The second-order valence-electron chi connectivity index (χ2n) is 10.3. The number of carbonyl (C=O) groups excluding carboxylic acids is 1. The molecule has 1 N–H and O–H groups in total. The number of oxazole rings is 1. The molecule has 7 nitrogen and oxygen atoms in total. The lowest BCUT2D eigenvalue weighted by atomic mass is 10.0. The van der Waals surface area contributed by atoms with Crippen molar-refractivity contribution in [2.45, 2.75) is 32.8 Å². The number of nitrogens with zero attached hydrogens (tertiary/aromatic N) is 1. The predicted octanol–water partition coefficient (Wildman–Crippen LogP) is 7.41. The Bertz CT molecular complexity index is 1690. The highest BCUT2D eigenvalue weighted by Gasteiger charge is 2.31. The lowest BCUT2D eigenvalue weighted by Gasteiger charge is -2.23. The fourth-order valence-corrected chi connectivity index (χ4v) is 4.41. The van der Waals surface area contributed by atoms with Crippen molar-refractivity contribution < 1.29 is 28.6 Å². The Labute approximate surface area is 244 Å². The van der Waals surface area contributed by atoms with Gasteiger partial charge in [-0.05, 0) is 62.2 Å². The maximum atomic E-state index is 13.3. The summed E-state index contributed by atoms with van der Waals surface area (Å²) >= 11 is 0. The molecule has 1 heterocycles. The van der Waals surface area contributed by atoms with E-state index in [1.54, 1.807) is 42.5 Å². The number of ketones is 1. The monoisotopic (exact) mass is 561 g/mol. The molecule has 4 aromatic carbocycles. The van der Waals surface area contributed by atoms with Crippen molar-refractivity contribution in [2.75, 3.05) is 6.61 Å². The average Bonchev–Trinajstić information content (AvgIpc) is 3.38. The topological polar surface area (TPSA) is 98.9 Å². The molecular formula is C35H31NO6. The van der Waals surface area contributed by atoms with Crippen LogP contribution < -0.4 is 9.47 Å². The molecule has 0 fully saturated rings. The van der Waals surface area contributed by atoms with E-state index in [1.165, 1.54) is 13.8 Å². The molecule has 1 aromatic heterocycles. The van der Waals surface area contributed by atoms with Gasteiger partial charge in [0.2, 0.25) is 5.89 Å². The smallest absolute Gasteiger partial charge is 0.347 e. The molecule has 0 spiro atoms. The molecule has 0 saturated heterocycles. The second kappa shape index (κ2) is 12.1. The summed E-state index contributed by atoms with van der Waals surface area (Å²) in [5.74, 6) is 0.426. The zero-order valence-corrected chi connectivity index (χ0v) is 23.7. The van der Waals surface area contributed by atoms with Gasteiger partial charge in [0.25, 0.3) is 0 Å². The van der Waals surface area contributed by atoms with E-state index in [0.717, 1.165) is 22.4 Å². The van der Waals surface area contributed by atoms with Crippen LogP contribution in [0.4, 0.5) is 0 Å². The molecule has 0 atom stereocenters. The van der Waals surface area contributed by atoms with Crippen LogP contribution in [-0.4, -0.2) is 34.1 Å². The van der Waals surface area contributed by atoms with Crippen molar-refractivity contribution in [3.8, 4) is 34.1 Å². The van der Waals surface area contributed by atoms with Gasteiger partial charge in [-0.15, -0.1) is 0 Å². The van der Waals surface area contributed by atoms with Gasteiger partial charge in [0, 0.05) is 17.5 Å². The largest absolute Gasteiger partial charge is 0.493 e. The Morgan fingerprint density at radius 1 is 0.833 bits per heavy atom. The van der Waals surface area contributed by atoms with Crippen LogP contribution in [0.3, 0.4) is 0 Å². The Balaban J connectivity index is 1.30. The van der Waals surface area contributed by atoms with Crippen molar-refractivity contribution in [1.82, 2.24) is 4.98 Å². The van der Waals surface area contributed by atoms with E-state index in [9.17, 15) is 14.7 Å². The quantitative estimate of drug-likeness (QED) is 0.168. The lowest BCUT2D eigenvalue weighted by Crippen LogP contribution is -2.38. The number of aryl methyl sites for hydroxylation is 1. The van der Waals surface area contributed by atoms with Gasteiger partial charge >= 0.3 is 5.97 Å². The van der Waals surface area contributed by atoms with E-state index < -0.39 is 11.6 Å². The maximum absolute atomic E-state index is 13.3. The minimum Gasteiger partial charge on any atom is -0.493 e. The fourth-order valence-electron chi connectivity index (χ4n) is 4.41. The molecular weight excluding hydrogens is 530 g/mol. The molecule has 0 unspecified atom stereocenters. The van der Waals surface area contributed by atoms with Gasteiger partial charge in [-0.1, -0.05) is 72.8 Å². The van der Waals surface area contributed by atoms with Gasteiger partial charge in [-0.2, -0.15) is 0 Å². The molecule has 0 bridgehead atoms. The minimum atomic E-state index is -1.53. The summed E-state index contributed by atoms with van der Waals surface area (Å²) in [4.78, 5) is 29.7. The first-order valence-electron chi connectivity index (χ1n) is 13.6. The number of aliphatic carboxylic acids is 1. The fraction of sp³-hybridized carbons (Fsp3) is 0.171. The van der Waals surface area contributed by atoms with Crippen LogP contribution in [0, 0.1) is 6.92 Å². The predicted molar refractivity (Wildman–Crippen MR) is 160 cm³/mol. The second-order valence-corrected chi connectivity index (χ2v) is 10.3. The van der Waals surface area contributed by atoms with Crippen LogP contribution in [0.2, 0.25) is 0 Å². The first-order valence-corrected chi connectivity index (χ1v) is 13.6. The van der Waals surface area contributed by atoms with Crippen molar-refractivity contribution in [3.05, 3.63) is 126 Å². The number of ether oxygens (including phenoxy) is 2. The summed E-state index contributed by atoms with van der Waals surface area (Å²) in [6.07, 6.45) is 0.490. The summed E-state index contributed by atoms with van der Waals surface area (Å²) < 4.78 is 17.7. The molecule has 42 heavy (non-hydrogen) atoms. The molecule has 0 aliphatic heterocycles. The molecule has 5 aromatic rings. The summed E-state index contributed by atoms with van der Waals surface area (Å²) in [6, 6.07) is 31.8. The number of benzene rings is 4. The third-order valence-corrected chi connectivity index (χ3v) is 6.85. The number of carboxylic acid groups (broad SMARTS) is 1. The summed E-state index contributed by atoms with van der Waals surface area (Å²) in [7, 11) is 0. The molecule has 0 saturated carbocycles. The Kier molecular flexibility index (Phi) is 8.20. The van der Waals surface area contributed by atoms with Crippen molar-refractivity contribution in [1.29, 1.82) is 0 Å². The highest BCUT2D eigenvalue weighted by atomic mass is 16.5. The summed E-state index contributed by atoms with van der Waals surface area (Å²) in [5.41, 5.74) is 3.06. The van der Waals surface area contributed by atoms with Crippen molar-refractivity contribution in [2.24, 2.45) is 0 Å². The maximum Gasteiger partial charge on any atom is 0.347 e. The molecule has 0 radical (unpaired) electrons. The summed E-state index contributed by atoms with van der Waals surface area (Å²) in [6.45, 7) is 5.03. The van der Waals surface area contributed by atoms with Crippen LogP contribution >= 0.6 is 0 Å². The van der Waals surface area contributed by atoms with Crippen LogP contribution in [0.25, 0.3) is 22.6 Å². The number of carboxylic acids is 1. The van der Waals surface area contributed by atoms with Crippen molar-refractivity contribution >= 4 is 11.8 Å². The van der Waals surface area contributed by atoms with E-state index >= 15 is 0 Å². The Hall–Kier alpha value is -5.17. The highest BCUT2D eigenvalue weighted by Crippen LogP contribution is 2.31. The van der Waals surface area contributed by atoms with Gasteiger partial charge in [0.05, 0.1) is 17.9 Å². The number of carbonyl (C=O) groups is 2. The van der Waals surface area contributed by atoms with Gasteiger partial charge < -0.3 is 19.0 Å². The lowest BCUT2D eigenvalue weighted by molar-refractivity contribution is -0.152. The first-order chi connectivity index (χ1) is 20.2. The average molecular weight is 562 g/mol. The van der Waals surface area contributed by atoms with E-state index in [-0.39, 0.29) is 17.1 Å². The van der Waals surface area contributed by atoms with Gasteiger partial charge in [-0.25, -0.2) is 9.78 Å². The normalized spacial score (nSPS) is 11.2. The van der Waals surface area contributed by atoms with E-state index in [2.05, 4.69) is 12.1 Å². The van der Waals surface area contributed by atoms with E-state index in [1.807, 2.05) is 55.5 Å². The van der Waals surface area contributed by atoms with E-state index in [0.29, 0.717) is 36.0 Å². The molecule has 212 valence electrons. The van der Waals surface area contributed by atoms with Crippen LogP contribution in [-0.2, 0) is 11.2 Å². The SMILES string of the molecule is Cc1oc(-c2ccc(-c3ccccc3)cc2)nc1CCOc1ccc(OC(C)(C)C(=O)O)c(C(=O)c2ccccc2)c1. The number of rotatable bonds is 11. The highest BCUT2D eigenvalue weighted by molar-refractivity contribution is 6.11. The van der Waals surface area contributed by atoms with Crippen LogP contribution in [0.1, 0.15) is 41.2 Å². The number of aromatic nitrogens is 1. The first kappa shape index (κ1) is 28.4. The zero-order valence-electron chi connectivity index (χ0n) is 23.7. The summed E-state index contributed by atoms with van der Waals surface area (Å²) in [5, 5.41) is 9.54. The number of hydrogen-bond donors (Lipinski definition) is 1. The number of hydrogen-bond acceptors (Lipinski definition) is 6. The molecule has 0 aliphatic carbocycles. The molecule has 5 rings (SSSR count). The van der Waals surface area contributed by atoms with Crippen LogP contribution in [0.15, 0.2) is 108 Å². The zero-order chi connectivity index (χ0) is 29.7. The molecule has 0 amide bonds. The third-order valence-electron chi connectivity index (χ3n) is 6.85. The molecule has 0 aliphatic rings. The molecule has 7 heteroatoms. The Morgan fingerprint density at radius 2 is 1.45 bits per heavy atom. The van der Waals surface area contributed by atoms with Gasteiger partial charge in [-0.3, -0.25) is 4.79 Å². The van der Waals surface area contributed by atoms with Crippen molar-refractivity contribution in [3.63, 3.8) is 0 Å². The van der Waals surface area contributed by atoms with Gasteiger partial charge in [0.15, 0.2) is 11.4 Å². The standard InChI is InChI=1S/C35H31NO6/c1-23-30(36-33(41-23)27-16-14-25(15-17-27)24-10-6-4-7-11-24)20-21-40-28-18-19-31(42-35(2,3)34(38)39)29(22-28)32(37)26-12-8-5-9-13-26/h4-19,22H,20-21H2,1-3H3,(H,38,39). The van der Waals surface area contributed by atoms with E-state index in [4.69, 9.17) is 18.9 Å². The Morgan fingerprint density at radius 3 is 2.12 bits per heavy atom.